The minimum atomic E-state index is -0.133. The molecule has 158 valence electrons. The zero-order valence-electron chi connectivity index (χ0n) is 16.3. The summed E-state index contributed by atoms with van der Waals surface area (Å²) >= 11 is 12.7. The number of rotatable bonds is 8. The van der Waals surface area contributed by atoms with Crippen molar-refractivity contribution in [2.24, 2.45) is 0 Å². The van der Waals surface area contributed by atoms with E-state index in [9.17, 15) is 4.79 Å². The summed E-state index contributed by atoms with van der Waals surface area (Å²) in [5, 5.41) is 0.564. The molecule has 3 aromatic rings. The van der Waals surface area contributed by atoms with Gasteiger partial charge in [-0.1, -0.05) is 59.8 Å². The second-order valence-electron chi connectivity index (χ2n) is 6.55. The van der Waals surface area contributed by atoms with E-state index in [0.717, 1.165) is 5.56 Å². The molecule has 1 fully saturated rings. The number of ether oxygens (including phenoxy) is 2. The van der Waals surface area contributed by atoms with Crippen LogP contribution in [-0.4, -0.2) is 28.3 Å². The third-order valence-electron chi connectivity index (χ3n) is 4.37. The number of para-hydroxylation sites is 1. The molecule has 8 heteroatoms. The van der Waals surface area contributed by atoms with Crippen LogP contribution in [0, 0.1) is 0 Å². The highest BCUT2D eigenvalue weighted by Gasteiger charge is 2.32. The van der Waals surface area contributed by atoms with Crippen molar-refractivity contribution in [1.29, 1.82) is 0 Å². The van der Waals surface area contributed by atoms with Gasteiger partial charge in [0.05, 0.1) is 22.7 Å². The Hall–Kier alpha value is -2.74. The van der Waals surface area contributed by atoms with Crippen LogP contribution < -0.4 is 9.47 Å². The quantitative estimate of drug-likeness (QED) is 0.235. The molecule has 5 nitrogen and oxygen atoms in total. The Balaban J connectivity index is 1.35. The number of halogens is 1. The van der Waals surface area contributed by atoms with Crippen LogP contribution >= 0.6 is 35.6 Å². The van der Waals surface area contributed by atoms with Crippen LogP contribution in [0.1, 0.15) is 11.3 Å². The lowest BCUT2D eigenvalue weighted by Crippen LogP contribution is -2.27. The SMILES string of the molecule is O=C1/C(=C/c2cccc(OCCOc3ccccc3Cl)c2)SC(=S)N1Cc1ccco1. The topological polar surface area (TPSA) is 51.9 Å². The van der Waals surface area contributed by atoms with Gasteiger partial charge in [-0.05, 0) is 48.0 Å². The number of benzene rings is 2. The van der Waals surface area contributed by atoms with Crippen molar-refractivity contribution in [2.45, 2.75) is 6.54 Å². The van der Waals surface area contributed by atoms with E-state index in [1.807, 2.05) is 54.6 Å². The fraction of sp³-hybridized carbons (Fsp3) is 0.130. The first kappa shape index (κ1) is 21.5. The Kier molecular flexibility index (Phi) is 6.96. The fourth-order valence-electron chi connectivity index (χ4n) is 2.91. The predicted octanol–water partition coefficient (Wildman–Crippen LogP) is 5.79. The van der Waals surface area contributed by atoms with Crippen molar-refractivity contribution in [2.75, 3.05) is 13.2 Å². The van der Waals surface area contributed by atoms with E-state index in [-0.39, 0.29) is 5.91 Å². The molecular weight excluding hydrogens is 454 g/mol. The number of carbonyl (C=O) groups is 1. The normalized spacial score (nSPS) is 15.0. The van der Waals surface area contributed by atoms with Gasteiger partial charge in [-0.15, -0.1) is 0 Å². The predicted molar refractivity (Wildman–Crippen MR) is 126 cm³/mol. The van der Waals surface area contributed by atoms with Gasteiger partial charge in [0.1, 0.15) is 34.8 Å². The maximum atomic E-state index is 12.8. The average Bonchev–Trinajstić information content (AvgIpc) is 3.37. The minimum absolute atomic E-state index is 0.133. The van der Waals surface area contributed by atoms with E-state index in [0.29, 0.717) is 51.3 Å². The molecule has 0 radical (unpaired) electrons. The monoisotopic (exact) mass is 471 g/mol. The fourth-order valence-corrected chi connectivity index (χ4v) is 4.36. The van der Waals surface area contributed by atoms with Crippen molar-refractivity contribution in [1.82, 2.24) is 4.90 Å². The lowest BCUT2D eigenvalue weighted by molar-refractivity contribution is -0.122. The summed E-state index contributed by atoms with van der Waals surface area (Å²) in [5.41, 5.74) is 0.850. The molecule has 0 atom stereocenters. The summed E-state index contributed by atoms with van der Waals surface area (Å²) in [7, 11) is 0. The molecule has 1 saturated heterocycles. The molecule has 1 aliphatic rings. The Morgan fingerprint density at radius 2 is 1.90 bits per heavy atom. The zero-order chi connectivity index (χ0) is 21.6. The van der Waals surface area contributed by atoms with E-state index in [1.165, 1.54) is 16.7 Å². The summed E-state index contributed by atoms with van der Waals surface area (Å²) in [6.07, 6.45) is 3.39. The zero-order valence-corrected chi connectivity index (χ0v) is 18.7. The highest BCUT2D eigenvalue weighted by molar-refractivity contribution is 8.26. The number of thiocarbonyl (C=S) groups is 1. The van der Waals surface area contributed by atoms with Gasteiger partial charge in [-0.3, -0.25) is 9.69 Å². The van der Waals surface area contributed by atoms with E-state index in [1.54, 1.807) is 18.4 Å². The average molecular weight is 472 g/mol. The summed E-state index contributed by atoms with van der Waals surface area (Å²) in [6.45, 7) is 1.04. The maximum absolute atomic E-state index is 12.8. The van der Waals surface area contributed by atoms with E-state index < -0.39 is 0 Å². The van der Waals surface area contributed by atoms with E-state index in [2.05, 4.69) is 0 Å². The van der Waals surface area contributed by atoms with Gasteiger partial charge in [-0.25, -0.2) is 0 Å². The van der Waals surface area contributed by atoms with Crippen molar-refractivity contribution in [3.05, 3.63) is 88.2 Å². The third kappa shape index (κ3) is 5.50. The van der Waals surface area contributed by atoms with Gasteiger partial charge in [0, 0.05) is 0 Å². The number of furan rings is 1. The molecule has 2 heterocycles. The molecule has 2 aromatic carbocycles. The molecule has 0 N–H and O–H groups in total. The summed E-state index contributed by atoms with van der Waals surface area (Å²) in [5.74, 6) is 1.86. The summed E-state index contributed by atoms with van der Waals surface area (Å²) in [6, 6.07) is 18.4. The Morgan fingerprint density at radius 3 is 2.71 bits per heavy atom. The first-order valence-corrected chi connectivity index (χ1v) is 11.1. The van der Waals surface area contributed by atoms with Crippen LogP contribution in [0.4, 0.5) is 0 Å². The van der Waals surface area contributed by atoms with Crippen molar-refractivity contribution >= 4 is 51.9 Å². The molecular formula is C23H18ClNO4S2. The Labute approximate surface area is 194 Å². The highest BCUT2D eigenvalue weighted by atomic mass is 35.5. The highest BCUT2D eigenvalue weighted by Crippen LogP contribution is 2.34. The second-order valence-corrected chi connectivity index (χ2v) is 8.63. The molecule has 0 bridgehead atoms. The lowest BCUT2D eigenvalue weighted by Gasteiger charge is -2.12. The number of amides is 1. The largest absolute Gasteiger partial charge is 0.490 e. The third-order valence-corrected chi connectivity index (χ3v) is 6.06. The maximum Gasteiger partial charge on any atom is 0.266 e. The van der Waals surface area contributed by atoms with Gasteiger partial charge < -0.3 is 13.9 Å². The van der Waals surface area contributed by atoms with Gasteiger partial charge >= 0.3 is 0 Å². The smallest absolute Gasteiger partial charge is 0.266 e. The van der Waals surface area contributed by atoms with Crippen LogP contribution in [0.5, 0.6) is 11.5 Å². The van der Waals surface area contributed by atoms with Crippen molar-refractivity contribution in [3.63, 3.8) is 0 Å². The summed E-state index contributed by atoms with van der Waals surface area (Å²) in [4.78, 5) is 14.9. The van der Waals surface area contributed by atoms with Crippen LogP contribution in [0.15, 0.2) is 76.2 Å². The molecule has 4 rings (SSSR count). The minimum Gasteiger partial charge on any atom is -0.490 e. The number of hydrogen-bond acceptors (Lipinski definition) is 6. The first-order chi connectivity index (χ1) is 15.1. The molecule has 31 heavy (non-hydrogen) atoms. The Bertz CT molecular complexity index is 1110. The van der Waals surface area contributed by atoms with Crippen LogP contribution in [0.25, 0.3) is 6.08 Å². The van der Waals surface area contributed by atoms with E-state index in [4.69, 9.17) is 37.7 Å². The number of thioether (sulfide) groups is 1. The molecule has 1 amide bonds. The number of hydrogen-bond donors (Lipinski definition) is 0. The molecule has 1 aromatic heterocycles. The van der Waals surface area contributed by atoms with Crippen LogP contribution in [0.3, 0.4) is 0 Å². The number of carbonyl (C=O) groups excluding carboxylic acids is 1. The number of nitrogens with zero attached hydrogens (tertiary/aromatic N) is 1. The molecule has 1 aliphatic heterocycles. The van der Waals surface area contributed by atoms with Gasteiger partial charge in [0.15, 0.2) is 0 Å². The molecule has 0 spiro atoms. The molecule has 0 unspecified atom stereocenters. The Morgan fingerprint density at radius 1 is 1.06 bits per heavy atom. The summed E-state index contributed by atoms with van der Waals surface area (Å²) < 4.78 is 17.2. The van der Waals surface area contributed by atoms with Crippen molar-refractivity contribution in [3.8, 4) is 11.5 Å². The van der Waals surface area contributed by atoms with Gasteiger partial charge in [0.25, 0.3) is 5.91 Å². The molecule has 0 aliphatic carbocycles. The van der Waals surface area contributed by atoms with Gasteiger partial charge in [-0.2, -0.15) is 0 Å². The van der Waals surface area contributed by atoms with Crippen LogP contribution in [0.2, 0.25) is 5.02 Å². The lowest BCUT2D eigenvalue weighted by atomic mass is 10.2. The van der Waals surface area contributed by atoms with Gasteiger partial charge in [0.2, 0.25) is 0 Å². The van der Waals surface area contributed by atoms with Crippen LogP contribution in [-0.2, 0) is 11.3 Å². The second kappa shape index (κ2) is 10.0. The standard InChI is InChI=1S/C23H18ClNO4S2/c24-19-8-1-2-9-20(19)29-12-11-28-17-6-3-5-16(13-17)14-21-22(26)25(23(30)31-21)15-18-7-4-10-27-18/h1-10,13-14H,11-12,15H2/b21-14-. The first-order valence-electron chi connectivity index (χ1n) is 9.48. The van der Waals surface area contributed by atoms with Crippen molar-refractivity contribution < 1.29 is 18.7 Å². The molecule has 0 saturated carbocycles. The van der Waals surface area contributed by atoms with E-state index >= 15 is 0 Å².